The number of rotatable bonds is 8. The number of fused-ring (bicyclic) bond motifs is 3. The summed E-state index contributed by atoms with van der Waals surface area (Å²) in [6.07, 6.45) is 2.99. The monoisotopic (exact) mass is 478 g/mol. The van der Waals surface area contributed by atoms with Gasteiger partial charge in [-0.1, -0.05) is 68.3 Å². The van der Waals surface area contributed by atoms with Gasteiger partial charge in [-0.3, -0.25) is 9.59 Å². The van der Waals surface area contributed by atoms with E-state index in [4.69, 9.17) is 4.74 Å². The number of hydrogen-bond acceptors (Lipinski definition) is 4. The first-order chi connectivity index (χ1) is 16.8. The molecule has 2 aliphatic rings. The molecule has 35 heavy (non-hydrogen) atoms. The highest BCUT2D eigenvalue weighted by molar-refractivity contribution is 5.81. The minimum atomic E-state index is -0.878. The molecule has 3 N–H and O–H groups in total. The van der Waals surface area contributed by atoms with Gasteiger partial charge in [-0.05, 0) is 48.4 Å². The summed E-state index contributed by atoms with van der Waals surface area (Å²) in [6.45, 7) is 3.91. The third-order valence-corrected chi connectivity index (χ3v) is 7.52. The number of carbonyl (C=O) groups is 3. The van der Waals surface area contributed by atoms with Crippen LogP contribution in [0.4, 0.5) is 4.79 Å². The highest BCUT2D eigenvalue weighted by atomic mass is 16.5. The van der Waals surface area contributed by atoms with Gasteiger partial charge in [-0.25, -0.2) is 4.79 Å². The minimum absolute atomic E-state index is 0.0317. The Kier molecular flexibility index (Phi) is 7.43. The van der Waals surface area contributed by atoms with E-state index >= 15 is 0 Å². The predicted octanol–water partition coefficient (Wildman–Crippen LogP) is 4.84. The molecule has 0 bridgehead atoms. The standard InChI is InChI=1S/C28H34N2O5/c1-3-18(16-25(31)30-28(2)15-9-8-14-24(28)26(32)33)29-27(34)35-17-23-21-12-6-4-10-19(21)20-11-5-7-13-22(20)23/h4-7,10-13,18,23-24H,3,8-9,14-17H2,1-2H3,(H,29,34)(H,30,31)(H,32,33)/t18-,24?,28?/m0/s1. The van der Waals surface area contributed by atoms with Crippen LogP contribution in [0.2, 0.25) is 0 Å². The molecule has 186 valence electrons. The van der Waals surface area contributed by atoms with Gasteiger partial charge >= 0.3 is 12.1 Å². The molecule has 7 nitrogen and oxygen atoms in total. The molecule has 2 amide bonds. The molecule has 0 radical (unpaired) electrons. The smallest absolute Gasteiger partial charge is 0.407 e. The Morgan fingerprint density at radius 2 is 1.69 bits per heavy atom. The zero-order valence-electron chi connectivity index (χ0n) is 20.4. The molecule has 3 atom stereocenters. The van der Waals surface area contributed by atoms with Crippen molar-refractivity contribution in [3.8, 4) is 11.1 Å². The molecule has 0 heterocycles. The van der Waals surface area contributed by atoms with E-state index in [-0.39, 0.29) is 24.9 Å². The lowest BCUT2D eigenvalue weighted by atomic mass is 9.74. The number of carbonyl (C=O) groups excluding carboxylic acids is 2. The average molecular weight is 479 g/mol. The van der Waals surface area contributed by atoms with Gasteiger partial charge in [0.2, 0.25) is 5.91 Å². The van der Waals surface area contributed by atoms with Crippen LogP contribution >= 0.6 is 0 Å². The van der Waals surface area contributed by atoms with Gasteiger partial charge in [0.25, 0.3) is 0 Å². The molecule has 0 aromatic heterocycles. The van der Waals surface area contributed by atoms with Crippen molar-refractivity contribution in [3.05, 3.63) is 59.7 Å². The van der Waals surface area contributed by atoms with Gasteiger partial charge in [-0.2, -0.15) is 0 Å². The molecule has 0 aliphatic heterocycles. The highest BCUT2D eigenvalue weighted by Gasteiger charge is 2.42. The zero-order chi connectivity index (χ0) is 25.0. The number of aliphatic carboxylic acids is 1. The van der Waals surface area contributed by atoms with Crippen molar-refractivity contribution in [2.75, 3.05) is 6.61 Å². The van der Waals surface area contributed by atoms with Crippen molar-refractivity contribution < 1.29 is 24.2 Å². The first-order valence-electron chi connectivity index (χ1n) is 12.5. The van der Waals surface area contributed by atoms with Crippen LogP contribution < -0.4 is 10.6 Å². The Bertz CT molecular complexity index is 1050. The molecular formula is C28H34N2O5. The normalized spacial score (nSPS) is 21.9. The van der Waals surface area contributed by atoms with E-state index < -0.39 is 29.6 Å². The number of benzene rings is 2. The molecule has 7 heteroatoms. The van der Waals surface area contributed by atoms with Crippen LogP contribution in [-0.4, -0.2) is 41.3 Å². The largest absolute Gasteiger partial charge is 0.481 e. The number of amides is 2. The summed E-state index contributed by atoms with van der Waals surface area (Å²) in [5, 5.41) is 15.3. The lowest BCUT2D eigenvalue weighted by Gasteiger charge is -2.40. The molecule has 2 unspecified atom stereocenters. The number of ether oxygens (including phenoxy) is 1. The summed E-state index contributed by atoms with van der Waals surface area (Å²) in [6, 6.07) is 15.9. The molecule has 0 saturated heterocycles. The molecule has 2 aromatic rings. The van der Waals surface area contributed by atoms with Crippen LogP contribution in [0.1, 0.15) is 69.4 Å². The Labute approximate surface area is 206 Å². The quantitative estimate of drug-likeness (QED) is 0.503. The lowest BCUT2D eigenvalue weighted by Crippen LogP contribution is -2.56. The van der Waals surface area contributed by atoms with Crippen molar-refractivity contribution >= 4 is 18.0 Å². The first-order valence-corrected chi connectivity index (χ1v) is 12.5. The van der Waals surface area contributed by atoms with Crippen LogP contribution in [0.25, 0.3) is 11.1 Å². The summed E-state index contributed by atoms with van der Waals surface area (Å²) >= 11 is 0. The zero-order valence-corrected chi connectivity index (χ0v) is 20.4. The number of hydrogen-bond donors (Lipinski definition) is 3. The maximum Gasteiger partial charge on any atom is 0.407 e. The van der Waals surface area contributed by atoms with Gasteiger partial charge in [0.1, 0.15) is 6.61 Å². The number of carboxylic acid groups (broad SMARTS) is 1. The van der Waals surface area contributed by atoms with E-state index in [1.165, 1.54) is 0 Å². The van der Waals surface area contributed by atoms with Crippen LogP contribution in [0.3, 0.4) is 0 Å². The van der Waals surface area contributed by atoms with Gasteiger partial charge in [0, 0.05) is 18.4 Å². The molecule has 1 fully saturated rings. The first kappa shape index (κ1) is 24.8. The van der Waals surface area contributed by atoms with Crippen LogP contribution in [-0.2, 0) is 14.3 Å². The molecule has 0 spiro atoms. The summed E-state index contributed by atoms with van der Waals surface area (Å²) in [5.74, 6) is -1.77. The van der Waals surface area contributed by atoms with Gasteiger partial charge in [0.15, 0.2) is 0 Å². The summed E-state index contributed by atoms with van der Waals surface area (Å²) < 4.78 is 5.61. The van der Waals surface area contributed by atoms with E-state index in [2.05, 4.69) is 34.9 Å². The maximum absolute atomic E-state index is 12.8. The number of alkyl carbamates (subject to hydrolysis) is 1. The SMILES string of the molecule is CC[C@@H](CC(=O)NC1(C)CCCCC1C(=O)O)NC(=O)OCC1c2ccccc2-c2ccccc21. The second-order valence-corrected chi connectivity index (χ2v) is 9.88. The van der Waals surface area contributed by atoms with Crippen LogP contribution in [0.5, 0.6) is 0 Å². The van der Waals surface area contributed by atoms with Crippen molar-refractivity contribution in [3.63, 3.8) is 0 Å². The molecular weight excluding hydrogens is 444 g/mol. The maximum atomic E-state index is 12.8. The Morgan fingerprint density at radius 1 is 1.06 bits per heavy atom. The Morgan fingerprint density at radius 3 is 2.29 bits per heavy atom. The highest BCUT2D eigenvalue weighted by Crippen LogP contribution is 2.44. The molecule has 4 rings (SSSR count). The summed E-state index contributed by atoms with van der Waals surface area (Å²) in [7, 11) is 0. The van der Waals surface area contributed by atoms with Crippen LogP contribution in [0, 0.1) is 5.92 Å². The topological polar surface area (TPSA) is 105 Å². The average Bonchev–Trinajstić information content (AvgIpc) is 3.15. The van der Waals surface area contributed by atoms with Crippen molar-refractivity contribution in [2.45, 2.75) is 69.9 Å². The number of nitrogens with one attached hydrogen (secondary N) is 2. The van der Waals surface area contributed by atoms with E-state index in [0.29, 0.717) is 19.3 Å². The van der Waals surface area contributed by atoms with Gasteiger partial charge in [-0.15, -0.1) is 0 Å². The van der Waals surface area contributed by atoms with E-state index in [1.807, 2.05) is 38.1 Å². The predicted molar refractivity (Wildman–Crippen MR) is 133 cm³/mol. The van der Waals surface area contributed by atoms with Crippen molar-refractivity contribution in [1.82, 2.24) is 10.6 Å². The van der Waals surface area contributed by atoms with Gasteiger partial charge in [0.05, 0.1) is 11.5 Å². The summed E-state index contributed by atoms with van der Waals surface area (Å²) in [5.41, 5.74) is 3.83. The molecule has 1 saturated carbocycles. The Hall–Kier alpha value is -3.35. The van der Waals surface area contributed by atoms with E-state index in [1.54, 1.807) is 0 Å². The fraction of sp³-hybridized carbons (Fsp3) is 0.464. The molecule has 2 aromatic carbocycles. The Balaban J connectivity index is 1.33. The third kappa shape index (κ3) is 5.34. The van der Waals surface area contributed by atoms with Gasteiger partial charge < -0.3 is 20.5 Å². The minimum Gasteiger partial charge on any atom is -0.481 e. The van der Waals surface area contributed by atoms with Crippen LogP contribution in [0.15, 0.2) is 48.5 Å². The second kappa shape index (κ2) is 10.5. The fourth-order valence-corrected chi connectivity index (χ4v) is 5.58. The molecule has 2 aliphatic carbocycles. The van der Waals surface area contributed by atoms with Crippen molar-refractivity contribution in [1.29, 1.82) is 0 Å². The second-order valence-electron chi connectivity index (χ2n) is 9.88. The lowest BCUT2D eigenvalue weighted by molar-refractivity contribution is -0.146. The van der Waals surface area contributed by atoms with E-state index in [0.717, 1.165) is 35.1 Å². The van der Waals surface area contributed by atoms with Crippen molar-refractivity contribution in [2.24, 2.45) is 5.92 Å². The number of carboxylic acids is 1. The fourth-order valence-electron chi connectivity index (χ4n) is 5.58. The summed E-state index contributed by atoms with van der Waals surface area (Å²) in [4.78, 5) is 37.1. The third-order valence-electron chi connectivity index (χ3n) is 7.52. The van der Waals surface area contributed by atoms with E-state index in [9.17, 15) is 19.5 Å².